The molecule has 1 aliphatic heterocycles. The topological polar surface area (TPSA) is 60.0 Å². The van der Waals surface area contributed by atoms with E-state index >= 15 is 0 Å². The highest BCUT2D eigenvalue weighted by molar-refractivity contribution is 6.30. The quantitative estimate of drug-likeness (QED) is 0.793. The summed E-state index contributed by atoms with van der Waals surface area (Å²) in [5, 5.41) is 1.99. The zero-order valence-corrected chi connectivity index (χ0v) is 15.6. The Morgan fingerprint density at radius 1 is 1.18 bits per heavy atom. The van der Waals surface area contributed by atoms with E-state index in [0.29, 0.717) is 11.4 Å². The second-order valence-electron chi connectivity index (χ2n) is 5.78. The largest absolute Gasteiger partial charge is 0.497 e. The third-order valence-corrected chi connectivity index (χ3v) is 4.24. The Morgan fingerprint density at radius 3 is 2.39 bits per heavy atom. The van der Waals surface area contributed by atoms with Crippen molar-refractivity contribution in [1.29, 1.82) is 0 Å². The average Bonchev–Trinajstić information content (AvgIpc) is 3.01. The minimum absolute atomic E-state index is 0.102. The summed E-state index contributed by atoms with van der Waals surface area (Å²) in [6.45, 7) is 1.72. The van der Waals surface area contributed by atoms with Crippen LogP contribution in [0.3, 0.4) is 0 Å². The summed E-state index contributed by atoms with van der Waals surface area (Å²) in [6, 6.07) is 8.99. The number of hydrogen-bond donors (Lipinski definition) is 1. The van der Waals surface area contributed by atoms with Gasteiger partial charge in [-0.3, -0.25) is 10.2 Å². The molecule has 2 amide bonds. The maximum Gasteiger partial charge on any atom is 0.492 e. The number of hydrogen-bond acceptors (Lipinski definition) is 4. The van der Waals surface area contributed by atoms with Gasteiger partial charge >= 0.3 is 18.1 Å². The summed E-state index contributed by atoms with van der Waals surface area (Å²) in [5.74, 6) is -3.23. The zero-order valence-electron chi connectivity index (χ0n) is 14.8. The number of methoxy groups -OCH3 is 1. The first kappa shape index (κ1) is 19.9. The van der Waals surface area contributed by atoms with E-state index in [4.69, 9.17) is 25.8 Å². The smallest absolute Gasteiger partial charge is 0.492 e. The molecule has 0 saturated heterocycles. The van der Waals surface area contributed by atoms with Crippen LogP contribution >= 0.6 is 11.6 Å². The second kappa shape index (κ2) is 7.31. The predicted molar refractivity (Wildman–Crippen MR) is 96.0 cm³/mol. The van der Waals surface area contributed by atoms with Gasteiger partial charge in [0.15, 0.2) is 11.5 Å². The average molecular weight is 417 g/mol. The van der Waals surface area contributed by atoms with E-state index in [1.807, 2.05) is 5.32 Å². The summed E-state index contributed by atoms with van der Waals surface area (Å²) < 4.78 is 56.3. The number of nitrogens with one attached hydrogen (secondary N) is 1. The molecule has 1 atom stereocenters. The first-order chi connectivity index (χ1) is 13.2. The van der Waals surface area contributed by atoms with Crippen LogP contribution in [0.4, 0.5) is 23.7 Å². The number of halogens is 4. The molecule has 150 valence electrons. The highest BCUT2D eigenvalue weighted by Crippen LogP contribution is 2.46. The molecule has 2 aromatic rings. The molecule has 0 aromatic heterocycles. The standard InChI is InChI=1S/C18H16ClF3N2O4/c1-3-24(12-5-7-13(26-2)8-6-12)16(25)23-18(17(20,21)22)27-14-9-4-11(19)10-15(14)28-18/h4-10H,3H2,1-2H3,(H,23,25). The molecule has 0 saturated carbocycles. The second-order valence-corrected chi connectivity index (χ2v) is 6.22. The Morgan fingerprint density at radius 2 is 1.82 bits per heavy atom. The summed E-state index contributed by atoms with van der Waals surface area (Å²) in [5.41, 5.74) is 0.372. The summed E-state index contributed by atoms with van der Waals surface area (Å²) in [4.78, 5) is 13.8. The molecule has 1 unspecified atom stereocenters. The van der Waals surface area contributed by atoms with Crippen LogP contribution in [0.2, 0.25) is 5.02 Å². The molecular formula is C18H16ClF3N2O4. The van der Waals surface area contributed by atoms with Crippen LogP contribution < -0.4 is 24.4 Å². The van der Waals surface area contributed by atoms with Gasteiger partial charge in [0, 0.05) is 23.3 Å². The van der Waals surface area contributed by atoms with Gasteiger partial charge < -0.3 is 14.2 Å². The van der Waals surface area contributed by atoms with Crippen LogP contribution in [0.1, 0.15) is 6.92 Å². The zero-order chi connectivity index (χ0) is 20.5. The predicted octanol–water partition coefficient (Wildman–Crippen LogP) is 4.57. The van der Waals surface area contributed by atoms with Gasteiger partial charge in [0.25, 0.3) is 0 Å². The van der Waals surface area contributed by atoms with Crippen molar-refractivity contribution < 1.29 is 32.2 Å². The fourth-order valence-electron chi connectivity index (χ4n) is 2.63. The van der Waals surface area contributed by atoms with E-state index in [0.717, 1.165) is 4.90 Å². The van der Waals surface area contributed by atoms with Crippen LogP contribution in [-0.4, -0.2) is 31.8 Å². The molecule has 6 nitrogen and oxygen atoms in total. The van der Waals surface area contributed by atoms with Crippen molar-refractivity contribution in [1.82, 2.24) is 5.32 Å². The Hall–Kier alpha value is -2.81. The summed E-state index contributed by atoms with van der Waals surface area (Å²) in [6.07, 6.45) is -5.06. The van der Waals surface area contributed by atoms with Crippen LogP contribution in [0, 0.1) is 0 Å². The maximum atomic E-state index is 13.8. The monoisotopic (exact) mass is 416 g/mol. The molecular weight excluding hydrogens is 401 g/mol. The molecule has 1 heterocycles. The van der Waals surface area contributed by atoms with Gasteiger partial charge in [-0.25, -0.2) is 4.79 Å². The Labute approximate surface area is 163 Å². The van der Waals surface area contributed by atoms with Gasteiger partial charge in [0.2, 0.25) is 0 Å². The number of fused-ring (bicyclic) bond motifs is 1. The van der Waals surface area contributed by atoms with Crippen molar-refractivity contribution in [2.75, 3.05) is 18.6 Å². The van der Waals surface area contributed by atoms with Gasteiger partial charge in [-0.2, -0.15) is 13.2 Å². The lowest BCUT2D eigenvalue weighted by Gasteiger charge is -2.32. The Bertz CT molecular complexity index is 876. The van der Waals surface area contributed by atoms with Gasteiger partial charge in [0.1, 0.15) is 5.75 Å². The number of anilines is 1. The first-order valence-corrected chi connectivity index (χ1v) is 8.55. The molecule has 1 N–H and O–H groups in total. The van der Waals surface area contributed by atoms with Crippen molar-refractivity contribution in [3.63, 3.8) is 0 Å². The minimum Gasteiger partial charge on any atom is -0.497 e. The van der Waals surface area contributed by atoms with Crippen molar-refractivity contribution in [2.24, 2.45) is 0 Å². The maximum absolute atomic E-state index is 13.8. The van der Waals surface area contributed by atoms with Gasteiger partial charge in [-0.05, 0) is 43.3 Å². The first-order valence-electron chi connectivity index (χ1n) is 8.17. The van der Waals surface area contributed by atoms with Crippen LogP contribution in [0.5, 0.6) is 17.2 Å². The molecule has 0 spiro atoms. The number of carbonyl (C=O) groups excluding carboxylic acids is 1. The van der Waals surface area contributed by atoms with Crippen LogP contribution in [0.15, 0.2) is 42.5 Å². The van der Waals surface area contributed by atoms with Gasteiger partial charge in [0.05, 0.1) is 7.11 Å². The van der Waals surface area contributed by atoms with Crippen molar-refractivity contribution in [3.05, 3.63) is 47.5 Å². The number of benzene rings is 2. The third-order valence-electron chi connectivity index (χ3n) is 4.00. The normalized spacial score (nSPS) is 17.9. The molecule has 1 aliphatic rings. The highest BCUT2D eigenvalue weighted by Gasteiger charge is 2.66. The lowest BCUT2D eigenvalue weighted by Crippen LogP contribution is -2.66. The Balaban J connectivity index is 1.88. The van der Waals surface area contributed by atoms with Crippen molar-refractivity contribution >= 4 is 23.3 Å². The molecule has 0 aliphatic carbocycles. The number of urea groups is 1. The molecule has 0 bridgehead atoms. The Kier molecular flexibility index (Phi) is 5.20. The van der Waals surface area contributed by atoms with E-state index in [1.54, 1.807) is 31.2 Å². The summed E-state index contributed by atoms with van der Waals surface area (Å²) in [7, 11) is 1.48. The lowest BCUT2D eigenvalue weighted by atomic mass is 10.2. The molecule has 0 radical (unpaired) electrons. The number of rotatable bonds is 4. The molecule has 3 rings (SSSR count). The molecule has 0 fully saturated rings. The number of alkyl halides is 3. The fourth-order valence-corrected chi connectivity index (χ4v) is 2.79. The van der Waals surface area contributed by atoms with Crippen LogP contribution in [-0.2, 0) is 0 Å². The van der Waals surface area contributed by atoms with E-state index < -0.39 is 18.1 Å². The van der Waals surface area contributed by atoms with E-state index in [9.17, 15) is 18.0 Å². The summed E-state index contributed by atoms with van der Waals surface area (Å²) >= 11 is 5.79. The third kappa shape index (κ3) is 3.62. The SMILES string of the molecule is CCN(C(=O)NC1(C(F)(F)F)Oc2ccc(Cl)cc2O1)c1ccc(OC)cc1. The fraction of sp³-hybridized carbons (Fsp3) is 0.278. The lowest BCUT2D eigenvalue weighted by molar-refractivity contribution is -0.317. The van der Waals surface area contributed by atoms with Crippen molar-refractivity contribution in [2.45, 2.75) is 19.0 Å². The van der Waals surface area contributed by atoms with Crippen LogP contribution in [0.25, 0.3) is 0 Å². The number of ether oxygens (including phenoxy) is 3. The molecule has 10 heteroatoms. The van der Waals surface area contributed by atoms with Gasteiger partial charge in [-0.1, -0.05) is 11.6 Å². The van der Waals surface area contributed by atoms with E-state index in [1.165, 1.54) is 25.3 Å². The van der Waals surface area contributed by atoms with Gasteiger partial charge in [-0.15, -0.1) is 0 Å². The number of amides is 2. The van der Waals surface area contributed by atoms with E-state index in [2.05, 4.69) is 0 Å². The molecule has 28 heavy (non-hydrogen) atoms. The van der Waals surface area contributed by atoms with Crippen molar-refractivity contribution in [3.8, 4) is 17.2 Å². The number of carbonyl (C=O) groups is 1. The highest BCUT2D eigenvalue weighted by atomic mass is 35.5. The minimum atomic E-state index is -5.06. The molecule has 2 aromatic carbocycles. The van der Waals surface area contributed by atoms with E-state index in [-0.39, 0.29) is 23.1 Å². The number of nitrogens with zero attached hydrogens (tertiary/aromatic N) is 1.